The zero-order valence-electron chi connectivity index (χ0n) is 11.1. The lowest BCUT2D eigenvalue weighted by Gasteiger charge is -2.35. The highest BCUT2D eigenvalue weighted by Crippen LogP contribution is 2.21. The van der Waals surface area contributed by atoms with Gasteiger partial charge in [0.15, 0.2) is 0 Å². The summed E-state index contributed by atoms with van der Waals surface area (Å²) < 4.78 is 5.33. The van der Waals surface area contributed by atoms with Crippen molar-refractivity contribution >= 4 is 17.4 Å². The minimum Gasteiger partial charge on any atom is -0.383 e. The summed E-state index contributed by atoms with van der Waals surface area (Å²) in [5.41, 5.74) is 5.49. The molecular weight excluding hydrogens is 264 g/mol. The molecule has 1 unspecified atom stereocenters. The molecule has 8 nitrogen and oxygen atoms in total. The smallest absolute Gasteiger partial charge is 0.288 e. The van der Waals surface area contributed by atoms with Gasteiger partial charge in [0.2, 0.25) is 0 Å². The fraction of sp³-hybridized carbons (Fsp3) is 0.500. The molecule has 1 amide bonds. The lowest BCUT2D eigenvalue weighted by molar-refractivity contribution is -0.385. The Kier molecular flexibility index (Phi) is 4.14. The van der Waals surface area contributed by atoms with Crippen molar-refractivity contribution in [3.8, 4) is 0 Å². The van der Waals surface area contributed by atoms with E-state index in [0.29, 0.717) is 19.8 Å². The van der Waals surface area contributed by atoms with Gasteiger partial charge < -0.3 is 15.4 Å². The summed E-state index contributed by atoms with van der Waals surface area (Å²) in [6, 6.07) is 1.13. The van der Waals surface area contributed by atoms with E-state index in [0.717, 1.165) is 12.6 Å². The maximum Gasteiger partial charge on any atom is 0.288 e. The second-order valence-corrected chi connectivity index (χ2v) is 4.52. The Labute approximate surface area is 115 Å². The highest BCUT2D eigenvalue weighted by atomic mass is 16.6. The molecule has 0 aromatic carbocycles. The third kappa shape index (κ3) is 2.69. The molecule has 0 aliphatic carbocycles. The summed E-state index contributed by atoms with van der Waals surface area (Å²) in [5, 5.41) is 10.8. The molecule has 1 atom stereocenters. The minimum absolute atomic E-state index is 0.00180. The molecule has 2 heterocycles. The SMILES string of the molecule is CCC1COCCN1C(=O)c1cc([N+](=O)[O-])cnc1N. The van der Waals surface area contributed by atoms with Crippen LogP contribution >= 0.6 is 0 Å². The number of rotatable bonds is 3. The van der Waals surface area contributed by atoms with Gasteiger partial charge in [-0.3, -0.25) is 14.9 Å². The fourth-order valence-electron chi connectivity index (χ4n) is 2.15. The number of aromatic nitrogens is 1. The summed E-state index contributed by atoms with van der Waals surface area (Å²) in [6.07, 6.45) is 1.79. The first kappa shape index (κ1) is 14.2. The molecule has 0 saturated carbocycles. The van der Waals surface area contributed by atoms with Crippen LogP contribution in [0.5, 0.6) is 0 Å². The number of amides is 1. The van der Waals surface area contributed by atoms with E-state index >= 15 is 0 Å². The molecule has 1 aliphatic rings. The average molecular weight is 280 g/mol. The molecular formula is C12H16N4O4. The third-order valence-electron chi connectivity index (χ3n) is 3.30. The van der Waals surface area contributed by atoms with Crippen LogP contribution in [0.1, 0.15) is 23.7 Å². The van der Waals surface area contributed by atoms with Gasteiger partial charge in [0.1, 0.15) is 12.0 Å². The van der Waals surface area contributed by atoms with Crippen molar-refractivity contribution in [3.05, 3.63) is 27.9 Å². The van der Waals surface area contributed by atoms with Crippen LogP contribution in [0, 0.1) is 10.1 Å². The minimum atomic E-state index is -0.597. The fourth-order valence-corrected chi connectivity index (χ4v) is 2.15. The van der Waals surface area contributed by atoms with Crippen molar-refractivity contribution in [2.45, 2.75) is 19.4 Å². The Morgan fingerprint density at radius 3 is 3.10 bits per heavy atom. The molecule has 1 fully saturated rings. The van der Waals surface area contributed by atoms with Crippen LogP contribution in [-0.2, 0) is 4.74 Å². The van der Waals surface area contributed by atoms with E-state index in [2.05, 4.69) is 4.98 Å². The lowest BCUT2D eigenvalue weighted by Crippen LogP contribution is -2.48. The number of pyridine rings is 1. The van der Waals surface area contributed by atoms with E-state index in [-0.39, 0.29) is 29.0 Å². The van der Waals surface area contributed by atoms with Crippen LogP contribution in [0.15, 0.2) is 12.3 Å². The number of nitro groups is 1. The van der Waals surface area contributed by atoms with E-state index in [1.54, 1.807) is 4.90 Å². The number of anilines is 1. The molecule has 1 aromatic rings. The second kappa shape index (κ2) is 5.83. The van der Waals surface area contributed by atoms with Crippen molar-refractivity contribution in [2.24, 2.45) is 0 Å². The van der Waals surface area contributed by atoms with Crippen LogP contribution < -0.4 is 5.73 Å². The van der Waals surface area contributed by atoms with Gasteiger partial charge in [-0.1, -0.05) is 6.92 Å². The summed E-state index contributed by atoms with van der Waals surface area (Å²) >= 11 is 0. The number of nitrogens with zero attached hydrogens (tertiary/aromatic N) is 3. The van der Waals surface area contributed by atoms with Crippen LogP contribution in [0.3, 0.4) is 0 Å². The Hall–Kier alpha value is -2.22. The van der Waals surface area contributed by atoms with Crippen LogP contribution in [-0.4, -0.2) is 46.5 Å². The Balaban J connectivity index is 2.32. The number of ether oxygens (including phenoxy) is 1. The van der Waals surface area contributed by atoms with E-state index in [1.807, 2.05) is 6.92 Å². The predicted octanol–water partition coefficient (Wildman–Crippen LogP) is 0.823. The standard InChI is InChI=1S/C12H16N4O4/c1-2-8-7-20-4-3-15(8)12(17)10-5-9(16(18)19)6-14-11(10)13/h5-6,8H,2-4,7H2,1H3,(H2,13,14). The van der Waals surface area contributed by atoms with Crippen LogP contribution in [0.2, 0.25) is 0 Å². The van der Waals surface area contributed by atoms with E-state index in [1.165, 1.54) is 6.07 Å². The van der Waals surface area contributed by atoms with Gasteiger partial charge in [-0.05, 0) is 6.42 Å². The summed E-state index contributed by atoms with van der Waals surface area (Å²) in [4.78, 5) is 28.0. The largest absolute Gasteiger partial charge is 0.383 e. The van der Waals surface area contributed by atoms with E-state index in [4.69, 9.17) is 10.5 Å². The molecule has 1 aromatic heterocycles. The molecule has 20 heavy (non-hydrogen) atoms. The number of nitrogen functional groups attached to an aromatic ring is 1. The lowest BCUT2D eigenvalue weighted by atomic mass is 10.1. The van der Waals surface area contributed by atoms with Gasteiger partial charge in [0.05, 0.1) is 29.7 Å². The Morgan fingerprint density at radius 1 is 1.70 bits per heavy atom. The zero-order chi connectivity index (χ0) is 14.7. The molecule has 1 aliphatic heterocycles. The zero-order valence-corrected chi connectivity index (χ0v) is 11.1. The monoisotopic (exact) mass is 280 g/mol. The molecule has 1 saturated heterocycles. The maximum atomic E-state index is 12.5. The average Bonchev–Trinajstić information content (AvgIpc) is 2.46. The molecule has 2 rings (SSSR count). The van der Waals surface area contributed by atoms with Gasteiger partial charge in [-0.15, -0.1) is 0 Å². The quantitative estimate of drug-likeness (QED) is 0.648. The second-order valence-electron chi connectivity index (χ2n) is 4.52. The highest BCUT2D eigenvalue weighted by molar-refractivity contribution is 5.99. The maximum absolute atomic E-state index is 12.5. The predicted molar refractivity (Wildman–Crippen MR) is 71.2 cm³/mol. The van der Waals surface area contributed by atoms with Crippen molar-refractivity contribution in [1.82, 2.24) is 9.88 Å². The van der Waals surface area contributed by atoms with E-state index in [9.17, 15) is 14.9 Å². The number of carbonyl (C=O) groups is 1. The Bertz CT molecular complexity index is 534. The highest BCUT2D eigenvalue weighted by Gasteiger charge is 2.29. The first-order valence-corrected chi connectivity index (χ1v) is 6.33. The van der Waals surface area contributed by atoms with Crippen molar-refractivity contribution < 1.29 is 14.5 Å². The van der Waals surface area contributed by atoms with Crippen LogP contribution in [0.25, 0.3) is 0 Å². The van der Waals surface area contributed by atoms with Gasteiger partial charge in [0, 0.05) is 12.6 Å². The molecule has 0 radical (unpaired) electrons. The number of nitrogens with two attached hydrogens (primary N) is 1. The number of hydrogen-bond acceptors (Lipinski definition) is 6. The van der Waals surface area contributed by atoms with Gasteiger partial charge >= 0.3 is 0 Å². The Morgan fingerprint density at radius 2 is 2.45 bits per heavy atom. The summed E-state index contributed by atoms with van der Waals surface area (Å²) in [7, 11) is 0. The van der Waals surface area contributed by atoms with Crippen LogP contribution in [0.4, 0.5) is 11.5 Å². The third-order valence-corrected chi connectivity index (χ3v) is 3.30. The van der Waals surface area contributed by atoms with Crippen molar-refractivity contribution in [3.63, 3.8) is 0 Å². The number of carbonyl (C=O) groups excluding carboxylic acids is 1. The molecule has 2 N–H and O–H groups in total. The van der Waals surface area contributed by atoms with Crippen molar-refractivity contribution in [1.29, 1.82) is 0 Å². The number of hydrogen-bond donors (Lipinski definition) is 1. The number of morpholine rings is 1. The summed E-state index contributed by atoms with van der Waals surface area (Å²) in [6.45, 7) is 3.31. The van der Waals surface area contributed by atoms with E-state index < -0.39 is 4.92 Å². The normalized spacial score (nSPS) is 18.9. The van der Waals surface area contributed by atoms with Gasteiger partial charge in [-0.2, -0.15) is 0 Å². The first-order valence-electron chi connectivity index (χ1n) is 6.33. The molecule has 0 bridgehead atoms. The van der Waals surface area contributed by atoms with Gasteiger partial charge in [0.25, 0.3) is 11.6 Å². The molecule has 0 spiro atoms. The topological polar surface area (TPSA) is 112 Å². The first-order chi connectivity index (χ1) is 9.54. The van der Waals surface area contributed by atoms with Crippen molar-refractivity contribution in [2.75, 3.05) is 25.5 Å². The molecule has 108 valence electrons. The van der Waals surface area contributed by atoms with Gasteiger partial charge in [-0.25, -0.2) is 4.98 Å². The molecule has 8 heteroatoms. The summed E-state index contributed by atoms with van der Waals surface area (Å²) in [5.74, 6) is -0.337.